The van der Waals surface area contributed by atoms with E-state index < -0.39 is 13.0 Å². The Morgan fingerprint density at radius 3 is 2.11 bits per heavy atom. The molecule has 0 saturated carbocycles. The van der Waals surface area contributed by atoms with Gasteiger partial charge in [-0.2, -0.15) is 9.97 Å². The summed E-state index contributed by atoms with van der Waals surface area (Å²) in [5, 5.41) is 21.7. The van der Waals surface area contributed by atoms with Crippen LogP contribution < -0.4 is 27.1 Å². The van der Waals surface area contributed by atoms with Crippen LogP contribution in [0.25, 0.3) is 11.2 Å². The van der Waals surface area contributed by atoms with Gasteiger partial charge in [0.2, 0.25) is 11.9 Å². The summed E-state index contributed by atoms with van der Waals surface area (Å²) in [5.74, 6) is -0.558. The van der Waals surface area contributed by atoms with Gasteiger partial charge in [-0.15, -0.1) is 0 Å². The van der Waals surface area contributed by atoms with E-state index in [0.717, 1.165) is 11.3 Å². The van der Waals surface area contributed by atoms with Gasteiger partial charge in [0.1, 0.15) is 0 Å². The molecule has 15 nitrogen and oxygen atoms in total. The lowest BCUT2D eigenvalue weighted by Gasteiger charge is -2.19. The quantitative estimate of drug-likeness (QED) is 0.108. The first-order chi connectivity index (χ1) is 21.5. The van der Waals surface area contributed by atoms with Crippen LogP contribution in [0.2, 0.25) is 0 Å². The Morgan fingerprint density at radius 1 is 0.933 bits per heavy atom. The lowest BCUT2D eigenvalue weighted by molar-refractivity contribution is -0.142. The third-order valence-corrected chi connectivity index (χ3v) is 6.42. The lowest BCUT2D eigenvalue weighted by Crippen LogP contribution is -2.29. The number of esters is 2. The largest absolute Gasteiger partial charge is 0.488 e. The van der Waals surface area contributed by atoms with Gasteiger partial charge in [-0.05, 0) is 41.7 Å². The Hall–Kier alpha value is -5.35. The lowest BCUT2D eigenvalue weighted by atomic mass is 9.80. The van der Waals surface area contributed by atoms with Crippen LogP contribution >= 0.6 is 0 Å². The normalized spacial score (nSPS) is 10.3. The van der Waals surface area contributed by atoms with Crippen molar-refractivity contribution < 1.29 is 33.9 Å². The van der Waals surface area contributed by atoms with Crippen molar-refractivity contribution in [2.75, 3.05) is 37.2 Å². The Morgan fingerprint density at radius 2 is 1.56 bits per heavy atom. The van der Waals surface area contributed by atoms with Gasteiger partial charge >= 0.3 is 19.1 Å². The number of carbonyl (C=O) groups excluding carboxylic acids is 3. The van der Waals surface area contributed by atoms with Crippen LogP contribution in [-0.2, 0) is 32.2 Å². The highest BCUT2D eigenvalue weighted by molar-refractivity contribution is 6.58. The predicted molar refractivity (Wildman–Crippen MR) is 168 cm³/mol. The summed E-state index contributed by atoms with van der Waals surface area (Å²) in [6.07, 6.45) is 2.66. The molecule has 1 amide bonds. The molecule has 0 bridgehead atoms. The molecule has 7 N–H and O–H groups in total. The van der Waals surface area contributed by atoms with Gasteiger partial charge in [-0.25, -0.2) is 9.97 Å². The molecule has 0 spiro atoms. The Bertz CT molecular complexity index is 1590. The van der Waals surface area contributed by atoms with Crippen LogP contribution in [0.3, 0.4) is 0 Å². The first-order valence-electron chi connectivity index (χ1n) is 13.7. The molecule has 0 atom stereocenters. The first-order valence-corrected chi connectivity index (χ1v) is 13.7. The molecule has 2 aromatic heterocycles. The zero-order valence-corrected chi connectivity index (χ0v) is 25.1. The van der Waals surface area contributed by atoms with Gasteiger partial charge in [0.25, 0.3) is 0 Å². The summed E-state index contributed by atoms with van der Waals surface area (Å²) in [7, 11) is 3.03. The zero-order chi connectivity index (χ0) is 32.9. The third kappa shape index (κ3) is 10.4. The van der Waals surface area contributed by atoms with Crippen molar-refractivity contribution in [2.24, 2.45) is 5.73 Å². The van der Waals surface area contributed by atoms with Gasteiger partial charge in [-0.3, -0.25) is 14.4 Å². The third-order valence-electron chi connectivity index (χ3n) is 6.42. The van der Waals surface area contributed by atoms with Crippen molar-refractivity contribution in [1.29, 1.82) is 0 Å². The minimum absolute atomic E-state index is 0.0717. The van der Waals surface area contributed by atoms with Crippen LogP contribution in [0.4, 0.5) is 17.5 Å². The van der Waals surface area contributed by atoms with Gasteiger partial charge in [-0.1, -0.05) is 24.3 Å². The van der Waals surface area contributed by atoms with E-state index in [2.05, 4.69) is 34.7 Å². The number of carbonyl (C=O) groups is 3. The number of methoxy groups -OCH3 is 2. The monoisotopic (exact) mass is 618 g/mol. The number of aromatic nitrogens is 4. The van der Waals surface area contributed by atoms with Gasteiger partial charge in [0.15, 0.2) is 17.0 Å². The summed E-state index contributed by atoms with van der Waals surface area (Å²) >= 11 is 0. The molecule has 45 heavy (non-hydrogen) atoms. The molecule has 2 aromatic carbocycles. The molecule has 0 saturated heterocycles. The van der Waals surface area contributed by atoms with Gasteiger partial charge in [0.05, 0.1) is 32.7 Å². The van der Waals surface area contributed by atoms with Crippen molar-refractivity contribution in [1.82, 2.24) is 19.9 Å². The molecule has 0 fully saturated rings. The number of nitrogen functional groups attached to an aromatic ring is 1. The maximum atomic E-state index is 11.3. The number of nitrogens with zero attached hydrogens (tertiary/aromatic N) is 5. The standard InChI is InChI=1S/C22H23BN8O3.C7H12O4/c1-31(17-8-4-14(5-9-17)19(24)32)12-16-11-27-21-18(28-16)20(29-22(25)30-21)26-10-13-2-6-15(7-3-13)23(33)34;1-10-6(8)4-3-5-7(9)11-2/h2-9,11,33-34H,10,12H2,1H3,(H2,24,32)(H3,25,26,27,29,30);3-5H2,1-2H3. The number of anilines is 3. The number of hydrogen-bond donors (Lipinski definition) is 5. The molecule has 0 aliphatic rings. The van der Waals surface area contributed by atoms with Crippen LogP contribution in [0.1, 0.15) is 40.9 Å². The first kappa shape index (κ1) is 34.1. The molecule has 4 rings (SSSR count). The zero-order valence-electron chi connectivity index (χ0n) is 25.1. The van der Waals surface area contributed by atoms with Crippen molar-refractivity contribution in [3.8, 4) is 0 Å². The van der Waals surface area contributed by atoms with Crippen LogP contribution in [0.15, 0.2) is 54.7 Å². The SMILES string of the molecule is CN(Cc1cnc2nc(N)nc(NCc3ccc(B(O)O)cc3)c2n1)c1ccc(C(N)=O)cc1.COC(=O)CCCC(=O)OC. The highest BCUT2D eigenvalue weighted by atomic mass is 16.5. The summed E-state index contributed by atoms with van der Waals surface area (Å²) in [6, 6.07) is 13.8. The van der Waals surface area contributed by atoms with E-state index in [1.165, 1.54) is 14.2 Å². The number of hydrogen-bond acceptors (Lipinski definition) is 14. The maximum absolute atomic E-state index is 11.3. The Balaban J connectivity index is 0.000000430. The average molecular weight is 618 g/mol. The van der Waals surface area contributed by atoms with E-state index in [1.807, 2.05) is 24.1 Å². The summed E-state index contributed by atoms with van der Waals surface area (Å²) in [6.45, 7) is 0.860. The average Bonchev–Trinajstić information content (AvgIpc) is 3.04. The molecular weight excluding hydrogens is 583 g/mol. The number of benzene rings is 2. The van der Waals surface area contributed by atoms with E-state index in [9.17, 15) is 24.4 Å². The highest BCUT2D eigenvalue weighted by Crippen LogP contribution is 2.21. The second-order valence-corrected chi connectivity index (χ2v) is 9.71. The van der Waals surface area contributed by atoms with E-state index in [-0.39, 0.29) is 30.7 Å². The summed E-state index contributed by atoms with van der Waals surface area (Å²) in [5.41, 5.74) is 15.3. The minimum Gasteiger partial charge on any atom is -0.469 e. The molecule has 4 aromatic rings. The topological polar surface area (TPSA) is 229 Å². The predicted octanol–water partition coefficient (Wildman–Crippen LogP) is 0.532. The second kappa shape index (κ2) is 16.5. The summed E-state index contributed by atoms with van der Waals surface area (Å²) in [4.78, 5) is 51.8. The molecule has 236 valence electrons. The smallest absolute Gasteiger partial charge is 0.469 e. The summed E-state index contributed by atoms with van der Waals surface area (Å²) < 4.78 is 8.75. The van der Waals surface area contributed by atoms with E-state index in [0.29, 0.717) is 53.2 Å². The fraction of sp³-hybridized carbons (Fsp3) is 0.276. The van der Waals surface area contributed by atoms with Crippen LogP contribution in [-0.4, -0.2) is 76.2 Å². The molecule has 0 radical (unpaired) electrons. The van der Waals surface area contributed by atoms with E-state index in [4.69, 9.17) is 11.5 Å². The van der Waals surface area contributed by atoms with Crippen molar-refractivity contribution in [3.05, 3.63) is 71.5 Å². The number of fused-ring (bicyclic) bond motifs is 1. The minimum atomic E-state index is -1.51. The Kier molecular flexibility index (Phi) is 12.5. The molecule has 0 unspecified atom stereocenters. The molecule has 2 heterocycles. The number of nitrogens with two attached hydrogens (primary N) is 2. The fourth-order valence-corrected chi connectivity index (χ4v) is 3.95. The van der Waals surface area contributed by atoms with Gasteiger partial charge in [0, 0.05) is 37.7 Å². The molecule has 0 aliphatic carbocycles. The number of amides is 1. The van der Waals surface area contributed by atoms with E-state index in [1.54, 1.807) is 42.6 Å². The second-order valence-electron chi connectivity index (χ2n) is 9.71. The number of primary amides is 1. The van der Waals surface area contributed by atoms with E-state index >= 15 is 0 Å². The Labute approximate surface area is 259 Å². The fourth-order valence-electron chi connectivity index (χ4n) is 3.95. The highest BCUT2D eigenvalue weighted by Gasteiger charge is 2.13. The van der Waals surface area contributed by atoms with Crippen LogP contribution in [0, 0.1) is 0 Å². The number of rotatable bonds is 12. The van der Waals surface area contributed by atoms with Crippen molar-refractivity contribution >= 4 is 59.0 Å². The molecular formula is C29H35BN8O7. The molecule has 0 aliphatic heterocycles. The number of ether oxygens (including phenoxy) is 2. The molecule has 16 heteroatoms. The maximum Gasteiger partial charge on any atom is 0.488 e. The van der Waals surface area contributed by atoms with Crippen molar-refractivity contribution in [3.63, 3.8) is 0 Å². The number of nitrogens with one attached hydrogen (secondary N) is 1. The van der Waals surface area contributed by atoms with Gasteiger partial charge < -0.3 is 41.2 Å². The van der Waals surface area contributed by atoms with Crippen LogP contribution in [0.5, 0.6) is 0 Å². The van der Waals surface area contributed by atoms with Crippen molar-refractivity contribution in [2.45, 2.75) is 32.4 Å².